The molecule has 2 aromatic carbocycles. The highest BCUT2D eigenvalue weighted by Gasteiger charge is 2.14. The van der Waals surface area contributed by atoms with Gasteiger partial charge in [0.1, 0.15) is 11.6 Å². The van der Waals surface area contributed by atoms with E-state index in [4.69, 9.17) is 27.9 Å². The van der Waals surface area contributed by atoms with E-state index in [1.165, 1.54) is 0 Å². The van der Waals surface area contributed by atoms with Gasteiger partial charge < -0.3 is 4.74 Å². The molecule has 108 valence electrons. The van der Waals surface area contributed by atoms with E-state index in [2.05, 4.69) is 4.98 Å². The molecule has 0 fully saturated rings. The molecule has 5 heteroatoms. The monoisotopic (exact) mass is 320 g/mol. The Morgan fingerprint density at radius 3 is 2.76 bits per heavy atom. The minimum Gasteiger partial charge on any atom is -0.494 e. The zero-order valence-electron chi connectivity index (χ0n) is 11.5. The number of ether oxygens (including phenoxy) is 1. The molecule has 0 aliphatic rings. The summed E-state index contributed by atoms with van der Waals surface area (Å²) < 4.78 is 7.54. The van der Waals surface area contributed by atoms with Gasteiger partial charge in [0, 0.05) is 6.07 Å². The van der Waals surface area contributed by atoms with Crippen LogP contribution in [0.5, 0.6) is 5.75 Å². The van der Waals surface area contributed by atoms with E-state index >= 15 is 0 Å². The smallest absolute Gasteiger partial charge is 0.129 e. The minimum absolute atomic E-state index is 0.309. The Hall–Kier alpha value is -1.71. The molecule has 0 spiro atoms. The van der Waals surface area contributed by atoms with Crippen LogP contribution in [0.4, 0.5) is 0 Å². The molecule has 0 amide bonds. The van der Waals surface area contributed by atoms with Crippen molar-refractivity contribution in [1.82, 2.24) is 9.55 Å². The second-order valence-electron chi connectivity index (χ2n) is 4.54. The Morgan fingerprint density at radius 2 is 2.00 bits per heavy atom. The van der Waals surface area contributed by atoms with Crippen LogP contribution in [0.3, 0.4) is 0 Å². The van der Waals surface area contributed by atoms with Gasteiger partial charge in [-0.05, 0) is 31.2 Å². The first kappa shape index (κ1) is 14.2. The van der Waals surface area contributed by atoms with Crippen molar-refractivity contribution in [2.45, 2.75) is 12.8 Å². The molecule has 0 unspecified atom stereocenters. The van der Waals surface area contributed by atoms with Crippen molar-refractivity contribution < 1.29 is 4.74 Å². The molecule has 21 heavy (non-hydrogen) atoms. The maximum absolute atomic E-state index is 6.35. The third kappa shape index (κ3) is 2.59. The van der Waals surface area contributed by atoms with Gasteiger partial charge in [-0.25, -0.2) is 4.98 Å². The number of benzene rings is 2. The maximum atomic E-state index is 6.35. The van der Waals surface area contributed by atoms with Crippen LogP contribution < -0.4 is 4.74 Å². The van der Waals surface area contributed by atoms with Crippen molar-refractivity contribution in [2.75, 3.05) is 6.61 Å². The first-order valence-electron chi connectivity index (χ1n) is 6.69. The molecule has 1 heterocycles. The molecular formula is C16H14Cl2N2O. The molecule has 3 rings (SSSR count). The van der Waals surface area contributed by atoms with Crippen LogP contribution in [0.2, 0.25) is 5.02 Å². The van der Waals surface area contributed by atoms with E-state index in [1.807, 2.05) is 54.0 Å². The number of alkyl halides is 1. The highest BCUT2D eigenvalue weighted by atomic mass is 35.5. The van der Waals surface area contributed by atoms with E-state index in [0.29, 0.717) is 17.5 Å². The maximum Gasteiger partial charge on any atom is 0.129 e. The fourth-order valence-corrected chi connectivity index (χ4v) is 2.81. The lowest BCUT2D eigenvalue weighted by molar-refractivity contribution is 0.340. The van der Waals surface area contributed by atoms with Crippen LogP contribution in [0.1, 0.15) is 12.7 Å². The summed E-state index contributed by atoms with van der Waals surface area (Å²) in [6.45, 7) is 2.58. The average molecular weight is 321 g/mol. The first-order valence-corrected chi connectivity index (χ1v) is 7.61. The molecule has 0 aliphatic heterocycles. The Balaban J connectivity index is 2.25. The van der Waals surface area contributed by atoms with Crippen LogP contribution in [-0.4, -0.2) is 16.2 Å². The van der Waals surface area contributed by atoms with Gasteiger partial charge in [-0.15, -0.1) is 11.6 Å². The second kappa shape index (κ2) is 5.96. The van der Waals surface area contributed by atoms with Crippen molar-refractivity contribution in [3.05, 3.63) is 53.3 Å². The van der Waals surface area contributed by atoms with Gasteiger partial charge in [0.25, 0.3) is 0 Å². The van der Waals surface area contributed by atoms with Crippen LogP contribution >= 0.6 is 23.2 Å². The molecular weight excluding hydrogens is 307 g/mol. The fourth-order valence-electron chi connectivity index (χ4n) is 2.38. The number of fused-ring (bicyclic) bond motifs is 1. The average Bonchev–Trinajstić information content (AvgIpc) is 2.88. The lowest BCUT2D eigenvalue weighted by Crippen LogP contribution is -2.00. The quantitative estimate of drug-likeness (QED) is 0.644. The summed E-state index contributed by atoms with van der Waals surface area (Å²) in [5, 5.41) is 0.651. The lowest BCUT2D eigenvalue weighted by Gasteiger charge is -2.11. The first-order chi connectivity index (χ1) is 10.2. The van der Waals surface area contributed by atoms with Crippen molar-refractivity contribution in [3.8, 4) is 11.4 Å². The van der Waals surface area contributed by atoms with Crippen molar-refractivity contribution >= 4 is 34.2 Å². The molecule has 0 aliphatic carbocycles. The lowest BCUT2D eigenvalue weighted by atomic mass is 10.2. The fraction of sp³-hybridized carbons (Fsp3) is 0.188. The Labute approximate surface area is 133 Å². The number of para-hydroxylation sites is 1. The number of hydrogen-bond acceptors (Lipinski definition) is 2. The van der Waals surface area contributed by atoms with Gasteiger partial charge in [-0.3, -0.25) is 4.57 Å². The SMILES string of the molecule is CCOc1cccc(-n2c(CCl)nc3cccc(Cl)c32)c1. The van der Waals surface area contributed by atoms with Gasteiger partial charge >= 0.3 is 0 Å². The minimum atomic E-state index is 0.309. The predicted molar refractivity (Wildman–Crippen MR) is 86.8 cm³/mol. The summed E-state index contributed by atoms with van der Waals surface area (Å²) >= 11 is 12.4. The largest absolute Gasteiger partial charge is 0.494 e. The summed E-state index contributed by atoms with van der Waals surface area (Å²) in [6.07, 6.45) is 0. The number of halogens is 2. The number of rotatable bonds is 4. The standard InChI is InChI=1S/C16H14Cl2N2O/c1-2-21-12-6-3-5-11(9-12)20-15(10-17)19-14-8-4-7-13(18)16(14)20/h3-9H,2,10H2,1H3. The molecule has 0 saturated carbocycles. The van der Waals surface area contributed by atoms with E-state index in [1.54, 1.807) is 0 Å². The molecule has 1 aromatic heterocycles. The third-order valence-corrected chi connectivity index (χ3v) is 3.75. The van der Waals surface area contributed by atoms with Gasteiger partial charge in [0.05, 0.1) is 34.2 Å². The number of aromatic nitrogens is 2. The predicted octanol–water partition coefficient (Wildman–Crippen LogP) is 4.82. The normalized spacial score (nSPS) is 11.0. The van der Waals surface area contributed by atoms with Crippen LogP contribution in [0.15, 0.2) is 42.5 Å². The molecule has 0 radical (unpaired) electrons. The highest BCUT2D eigenvalue weighted by molar-refractivity contribution is 6.35. The molecule has 0 bridgehead atoms. The number of imidazole rings is 1. The summed E-state index contributed by atoms with van der Waals surface area (Å²) in [5.41, 5.74) is 2.63. The second-order valence-corrected chi connectivity index (χ2v) is 5.21. The van der Waals surface area contributed by atoms with Gasteiger partial charge in [0.15, 0.2) is 0 Å². The summed E-state index contributed by atoms with van der Waals surface area (Å²) in [6, 6.07) is 13.5. The third-order valence-electron chi connectivity index (χ3n) is 3.20. The number of nitrogens with zero attached hydrogens (tertiary/aromatic N) is 2. The van der Waals surface area contributed by atoms with Gasteiger partial charge in [-0.1, -0.05) is 23.7 Å². The van der Waals surface area contributed by atoms with Crippen molar-refractivity contribution in [3.63, 3.8) is 0 Å². The molecule has 3 nitrogen and oxygen atoms in total. The van der Waals surface area contributed by atoms with Crippen molar-refractivity contribution in [1.29, 1.82) is 0 Å². The molecule has 0 N–H and O–H groups in total. The number of hydrogen-bond donors (Lipinski definition) is 0. The van der Waals surface area contributed by atoms with E-state index in [-0.39, 0.29) is 0 Å². The van der Waals surface area contributed by atoms with Crippen molar-refractivity contribution in [2.24, 2.45) is 0 Å². The van der Waals surface area contributed by atoms with Crippen LogP contribution in [-0.2, 0) is 5.88 Å². The zero-order chi connectivity index (χ0) is 14.8. The molecule has 0 atom stereocenters. The summed E-state index contributed by atoms with van der Waals surface area (Å²) in [7, 11) is 0. The van der Waals surface area contributed by atoms with Gasteiger partial charge in [-0.2, -0.15) is 0 Å². The van der Waals surface area contributed by atoms with Crippen LogP contribution in [0.25, 0.3) is 16.7 Å². The van der Waals surface area contributed by atoms with E-state index in [0.717, 1.165) is 28.3 Å². The van der Waals surface area contributed by atoms with Gasteiger partial charge in [0.2, 0.25) is 0 Å². The summed E-state index contributed by atoms with van der Waals surface area (Å²) in [4.78, 5) is 4.55. The Bertz CT molecular complexity index is 783. The summed E-state index contributed by atoms with van der Waals surface area (Å²) in [5.74, 6) is 1.88. The molecule has 3 aromatic rings. The highest BCUT2D eigenvalue weighted by Crippen LogP contribution is 2.29. The zero-order valence-corrected chi connectivity index (χ0v) is 13.0. The Kier molecular flexibility index (Phi) is 4.04. The van der Waals surface area contributed by atoms with E-state index in [9.17, 15) is 0 Å². The van der Waals surface area contributed by atoms with Crippen LogP contribution in [0, 0.1) is 0 Å². The Morgan fingerprint density at radius 1 is 1.19 bits per heavy atom. The topological polar surface area (TPSA) is 27.1 Å². The van der Waals surface area contributed by atoms with E-state index < -0.39 is 0 Å². The molecule has 0 saturated heterocycles.